The highest BCUT2D eigenvalue weighted by atomic mass is 19.1. The molecule has 0 fully saturated rings. The van der Waals surface area contributed by atoms with Gasteiger partial charge in [-0.15, -0.1) is 0 Å². The molecule has 5 nitrogen and oxygen atoms in total. The highest BCUT2D eigenvalue weighted by Crippen LogP contribution is 2.38. The van der Waals surface area contributed by atoms with Crippen molar-refractivity contribution in [3.63, 3.8) is 0 Å². The van der Waals surface area contributed by atoms with Crippen molar-refractivity contribution in [3.8, 4) is 22.4 Å². The van der Waals surface area contributed by atoms with Crippen LogP contribution >= 0.6 is 0 Å². The Bertz CT molecular complexity index is 1060. The Kier molecular flexibility index (Phi) is 3.18. The summed E-state index contributed by atoms with van der Waals surface area (Å²) in [5, 5.41) is 9.33. The second kappa shape index (κ2) is 5.53. The van der Waals surface area contributed by atoms with Gasteiger partial charge in [-0.25, -0.2) is 9.37 Å². The van der Waals surface area contributed by atoms with Crippen LogP contribution in [0.1, 0.15) is 5.69 Å². The zero-order valence-electron chi connectivity index (χ0n) is 13.5. The third-order valence-electron chi connectivity index (χ3n) is 4.70. The van der Waals surface area contributed by atoms with Crippen molar-refractivity contribution in [2.24, 2.45) is 0 Å². The maximum absolute atomic E-state index is 13.4. The van der Waals surface area contributed by atoms with E-state index in [1.165, 1.54) is 12.1 Å². The summed E-state index contributed by atoms with van der Waals surface area (Å²) in [5.74, 6) is -0.243. The van der Waals surface area contributed by atoms with Crippen LogP contribution in [0.15, 0.2) is 48.8 Å². The summed E-state index contributed by atoms with van der Waals surface area (Å²) in [6.45, 7) is 2.48. The number of H-pyrrole nitrogens is 1. The van der Waals surface area contributed by atoms with Gasteiger partial charge < -0.3 is 10.3 Å². The van der Waals surface area contributed by atoms with Gasteiger partial charge in [0.15, 0.2) is 0 Å². The molecule has 0 aliphatic carbocycles. The van der Waals surface area contributed by atoms with Crippen molar-refractivity contribution in [3.05, 3.63) is 60.3 Å². The molecule has 5 rings (SSSR count). The topological polar surface area (TPSA) is 58.5 Å². The number of nitrogens with zero attached hydrogens (tertiary/aromatic N) is 3. The van der Waals surface area contributed by atoms with Crippen LogP contribution in [0, 0.1) is 5.82 Å². The van der Waals surface area contributed by atoms with E-state index in [0.29, 0.717) is 0 Å². The second-order valence-electron chi connectivity index (χ2n) is 6.18. The number of rotatable bonds is 2. The van der Waals surface area contributed by atoms with Crippen molar-refractivity contribution < 1.29 is 4.39 Å². The summed E-state index contributed by atoms with van der Waals surface area (Å²) in [4.78, 5) is 7.55. The average Bonchev–Trinajstić information content (AvgIpc) is 3.26. The minimum absolute atomic E-state index is 0.243. The molecule has 0 bridgehead atoms. The molecule has 3 aromatic heterocycles. The van der Waals surface area contributed by atoms with Crippen LogP contribution in [-0.2, 0) is 13.1 Å². The number of hydrogen-bond donors (Lipinski definition) is 2. The lowest BCUT2D eigenvalue weighted by Crippen LogP contribution is -2.28. The Morgan fingerprint density at radius 3 is 2.84 bits per heavy atom. The maximum Gasteiger partial charge on any atom is 0.137 e. The molecule has 1 aliphatic heterocycles. The predicted octanol–water partition coefficient (Wildman–Crippen LogP) is 3.34. The molecule has 0 unspecified atom stereocenters. The van der Waals surface area contributed by atoms with Crippen molar-refractivity contribution in [2.75, 3.05) is 6.54 Å². The molecular formula is C19H16FN5. The van der Waals surface area contributed by atoms with Gasteiger partial charge in [0.25, 0.3) is 0 Å². The van der Waals surface area contributed by atoms with E-state index in [1.54, 1.807) is 12.1 Å². The van der Waals surface area contributed by atoms with Gasteiger partial charge in [0, 0.05) is 42.0 Å². The molecule has 1 aliphatic rings. The summed E-state index contributed by atoms with van der Waals surface area (Å²) < 4.78 is 15.4. The Morgan fingerprint density at radius 2 is 1.96 bits per heavy atom. The number of aromatic nitrogens is 4. The third kappa shape index (κ3) is 2.26. The summed E-state index contributed by atoms with van der Waals surface area (Å²) in [5.41, 5.74) is 5.98. The van der Waals surface area contributed by atoms with Gasteiger partial charge in [0.05, 0.1) is 12.2 Å². The number of nitrogens with one attached hydrogen (secondary N) is 2. The molecule has 0 amide bonds. The van der Waals surface area contributed by atoms with Crippen LogP contribution in [0.4, 0.5) is 4.39 Å². The number of pyridine rings is 1. The fourth-order valence-corrected chi connectivity index (χ4v) is 3.52. The summed E-state index contributed by atoms with van der Waals surface area (Å²) in [6, 6.07) is 10.6. The summed E-state index contributed by atoms with van der Waals surface area (Å²) in [7, 11) is 0. The number of halogens is 1. The largest absolute Gasteiger partial charge is 0.346 e. The second-order valence-corrected chi connectivity index (χ2v) is 6.18. The van der Waals surface area contributed by atoms with Gasteiger partial charge in [-0.05, 0) is 42.0 Å². The number of aromatic amines is 1. The third-order valence-corrected chi connectivity index (χ3v) is 4.70. The molecule has 2 N–H and O–H groups in total. The molecule has 0 saturated carbocycles. The molecule has 25 heavy (non-hydrogen) atoms. The minimum Gasteiger partial charge on any atom is -0.346 e. The average molecular weight is 333 g/mol. The van der Waals surface area contributed by atoms with E-state index in [9.17, 15) is 4.39 Å². The summed E-state index contributed by atoms with van der Waals surface area (Å²) in [6.07, 6.45) is 3.70. The minimum atomic E-state index is -0.243. The lowest BCUT2D eigenvalue weighted by atomic mass is 9.97. The van der Waals surface area contributed by atoms with E-state index < -0.39 is 0 Å². The van der Waals surface area contributed by atoms with E-state index in [2.05, 4.69) is 20.0 Å². The van der Waals surface area contributed by atoms with Gasteiger partial charge in [0.2, 0.25) is 0 Å². The van der Waals surface area contributed by atoms with E-state index in [-0.39, 0.29) is 5.82 Å². The lowest BCUT2D eigenvalue weighted by Gasteiger charge is -2.16. The molecule has 0 spiro atoms. The molecule has 4 aromatic rings. The van der Waals surface area contributed by atoms with Gasteiger partial charge in [-0.3, -0.25) is 4.68 Å². The predicted molar refractivity (Wildman–Crippen MR) is 94.4 cm³/mol. The van der Waals surface area contributed by atoms with Gasteiger partial charge >= 0.3 is 0 Å². The molecule has 6 heteroatoms. The number of hydrogen-bond acceptors (Lipinski definition) is 3. The van der Waals surface area contributed by atoms with Crippen LogP contribution in [0.5, 0.6) is 0 Å². The molecule has 124 valence electrons. The normalized spacial score (nSPS) is 14.0. The van der Waals surface area contributed by atoms with E-state index >= 15 is 0 Å². The molecule has 1 aromatic carbocycles. The first-order chi connectivity index (χ1) is 12.3. The fraction of sp³-hybridized carbons (Fsp3) is 0.158. The van der Waals surface area contributed by atoms with Crippen molar-refractivity contribution >= 4 is 11.0 Å². The maximum atomic E-state index is 13.4. The Balaban J connectivity index is 1.81. The standard InChI is InChI=1S/C19H16FN5/c20-13-3-1-12(2-4-13)18-17(16-11-21-9-10-25(16)24-18)14-5-7-22-19-15(14)6-8-23-19/h1-8,21H,9-11H2,(H,22,23). The van der Waals surface area contributed by atoms with E-state index in [1.807, 2.05) is 24.5 Å². The van der Waals surface area contributed by atoms with E-state index in [0.717, 1.165) is 58.7 Å². The molecule has 4 heterocycles. The highest BCUT2D eigenvalue weighted by molar-refractivity contribution is 5.98. The zero-order chi connectivity index (χ0) is 16.8. The first-order valence-corrected chi connectivity index (χ1v) is 8.30. The van der Waals surface area contributed by atoms with Crippen molar-refractivity contribution in [2.45, 2.75) is 13.1 Å². The Hall–Kier alpha value is -2.99. The SMILES string of the molecule is Fc1ccc(-c2nn3c(c2-c2ccnc4[nH]ccc24)CNCC3)cc1. The van der Waals surface area contributed by atoms with Crippen LogP contribution in [0.3, 0.4) is 0 Å². The Labute approximate surface area is 143 Å². The smallest absolute Gasteiger partial charge is 0.137 e. The molecule has 0 saturated heterocycles. The highest BCUT2D eigenvalue weighted by Gasteiger charge is 2.24. The van der Waals surface area contributed by atoms with E-state index in [4.69, 9.17) is 5.10 Å². The first kappa shape index (κ1) is 14.4. The van der Waals surface area contributed by atoms with Crippen LogP contribution in [0.25, 0.3) is 33.4 Å². The van der Waals surface area contributed by atoms with Gasteiger partial charge in [0.1, 0.15) is 17.2 Å². The number of benzene rings is 1. The zero-order valence-corrected chi connectivity index (χ0v) is 13.5. The van der Waals surface area contributed by atoms with Crippen LogP contribution < -0.4 is 5.32 Å². The van der Waals surface area contributed by atoms with Crippen LogP contribution in [-0.4, -0.2) is 26.3 Å². The van der Waals surface area contributed by atoms with Crippen LogP contribution in [0.2, 0.25) is 0 Å². The quantitative estimate of drug-likeness (QED) is 0.591. The number of fused-ring (bicyclic) bond motifs is 2. The monoisotopic (exact) mass is 333 g/mol. The Morgan fingerprint density at radius 1 is 1.08 bits per heavy atom. The lowest BCUT2D eigenvalue weighted by molar-refractivity contribution is 0.477. The van der Waals surface area contributed by atoms with Gasteiger partial charge in [-0.2, -0.15) is 5.10 Å². The molecular weight excluding hydrogens is 317 g/mol. The van der Waals surface area contributed by atoms with Crippen molar-refractivity contribution in [1.29, 1.82) is 0 Å². The van der Waals surface area contributed by atoms with Gasteiger partial charge in [-0.1, -0.05) is 0 Å². The van der Waals surface area contributed by atoms with Crippen molar-refractivity contribution in [1.82, 2.24) is 25.1 Å². The molecule has 0 radical (unpaired) electrons. The fourth-order valence-electron chi connectivity index (χ4n) is 3.52. The molecule has 0 atom stereocenters. The summed E-state index contributed by atoms with van der Waals surface area (Å²) >= 11 is 0. The first-order valence-electron chi connectivity index (χ1n) is 8.30.